The zero-order chi connectivity index (χ0) is 19.7. The third kappa shape index (κ3) is 6.86. The Morgan fingerprint density at radius 1 is 1.07 bits per heavy atom. The fourth-order valence-electron chi connectivity index (χ4n) is 2.42. The van der Waals surface area contributed by atoms with E-state index < -0.39 is 10.0 Å². The van der Waals surface area contributed by atoms with Crippen LogP contribution in [0, 0.1) is 0 Å². The Hall–Kier alpha value is -2.09. The fraction of sp³-hybridized carbons (Fsp3) is 0.316. The van der Waals surface area contributed by atoms with Gasteiger partial charge in [0.15, 0.2) is 5.96 Å². The second-order valence-corrected chi connectivity index (χ2v) is 8.18. The molecule has 0 unspecified atom stereocenters. The molecule has 0 amide bonds. The molecule has 27 heavy (non-hydrogen) atoms. The molecule has 146 valence electrons. The molecule has 2 rings (SSSR count). The summed E-state index contributed by atoms with van der Waals surface area (Å²) in [6.07, 6.45) is 0.835. The van der Waals surface area contributed by atoms with E-state index >= 15 is 0 Å². The minimum atomic E-state index is -3.42. The molecule has 0 spiro atoms. The maximum atomic E-state index is 11.8. The van der Waals surface area contributed by atoms with Crippen molar-refractivity contribution in [3.05, 3.63) is 64.7 Å². The van der Waals surface area contributed by atoms with E-state index in [2.05, 4.69) is 20.3 Å². The number of aliphatic imine (C=N–C) groups is 1. The van der Waals surface area contributed by atoms with Gasteiger partial charge in [-0.3, -0.25) is 0 Å². The molecule has 6 nitrogen and oxygen atoms in total. The first-order chi connectivity index (χ1) is 12.9. The van der Waals surface area contributed by atoms with Gasteiger partial charge < -0.3 is 10.6 Å². The van der Waals surface area contributed by atoms with Crippen molar-refractivity contribution in [2.24, 2.45) is 4.99 Å². The molecular formula is C19H25ClN4O2S. The summed E-state index contributed by atoms with van der Waals surface area (Å²) in [6.45, 7) is 3.94. The molecule has 0 atom stereocenters. The van der Waals surface area contributed by atoms with Crippen LogP contribution in [0.15, 0.2) is 58.4 Å². The van der Waals surface area contributed by atoms with Crippen molar-refractivity contribution in [3.8, 4) is 0 Å². The normalized spacial score (nSPS) is 12.0. The molecule has 0 aliphatic rings. The Bertz CT molecular complexity index is 868. The SMILES string of the molecule is CCNC(=NCc1ccc(S(=O)(=O)NC)cc1)NCCc1cccc(Cl)c1. The van der Waals surface area contributed by atoms with Crippen LogP contribution in [0.5, 0.6) is 0 Å². The largest absolute Gasteiger partial charge is 0.357 e. The van der Waals surface area contributed by atoms with Crippen molar-refractivity contribution in [3.63, 3.8) is 0 Å². The van der Waals surface area contributed by atoms with Gasteiger partial charge in [0.25, 0.3) is 0 Å². The van der Waals surface area contributed by atoms with Gasteiger partial charge in [-0.1, -0.05) is 35.9 Å². The summed E-state index contributed by atoms with van der Waals surface area (Å²) in [5, 5.41) is 7.23. The first-order valence-electron chi connectivity index (χ1n) is 8.73. The van der Waals surface area contributed by atoms with Gasteiger partial charge in [-0.15, -0.1) is 0 Å². The van der Waals surface area contributed by atoms with Gasteiger partial charge in [0.2, 0.25) is 10.0 Å². The molecule has 0 heterocycles. The maximum Gasteiger partial charge on any atom is 0.240 e. The summed E-state index contributed by atoms with van der Waals surface area (Å²) < 4.78 is 25.8. The summed E-state index contributed by atoms with van der Waals surface area (Å²) in [6, 6.07) is 14.5. The third-order valence-corrected chi connectivity index (χ3v) is 5.53. The van der Waals surface area contributed by atoms with E-state index in [9.17, 15) is 8.42 Å². The molecule has 0 fully saturated rings. The smallest absolute Gasteiger partial charge is 0.240 e. The molecule has 0 bridgehead atoms. The lowest BCUT2D eigenvalue weighted by molar-refractivity contribution is 0.588. The molecule has 0 aliphatic carbocycles. The van der Waals surface area contributed by atoms with Crippen LogP contribution in [0.25, 0.3) is 0 Å². The van der Waals surface area contributed by atoms with Gasteiger partial charge in [0.1, 0.15) is 0 Å². The van der Waals surface area contributed by atoms with Crippen LogP contribution in [0.4, 0.5) is 0 Å². The van der Waals surface area contributed by atoms with E-state index in [4.69, 9.17) is 11.6 Å². The zero-order valence-corrected chi connectivity index (χ0v) is 17.1. The number of benzene rings is 2. The summed E-state index contributed by atoms with van der Waals surface area (Å²) in [5.41, 5.74) is 2.09. The van der Waals surface area contributed by atoms with Crippen molar-refractivity contribution >= 4 is 27.6 Å². The van der Waals surface area contributed by atoms with Crippen molar-refractivity contribution in [2.45, 2.75) is 24.8 Å². The molecule has 0 radical (unpaired) electrons. The Morgan fingerprint density at radius 2 is 1.81 bits per heavy atom. The van der Waals surface area contributed by atoms with E-state index in [0.717, 1.165) is 35.7 Å². The van der Waals surface area contributed by atoms with Gasteiger partial charge in [0, 0.05) is 18.1 Å². The van der Waals surface area contributed by atoms with Crippen LogP contribution < -0.4 is 15.4 Å². The lowest BCUT2D eigenvalue weighted by atomic mass is 10.1. The van der Waals surface area contributed by atoms with Crippen molar-refractivity contribution in [1.82, 2.24) is 15.4 Å². The molecule has 2 aromatic rings. The standard InChI is InChI=1S/C19H25ClN4O2S/c1-3-22-19(23-12-11-15-5-4-6-17(20)13-15)24-14-16-7-9-18(10-8-16)27(25,26)21-2/h4-10,13,21H,3,11-12,14H2,1-2H3,(H2,22,23,24). The molecule has 0 aromatic heterocycles. The second-order valence-electron chi connectivity index (χ2n) is 5.85. The molecule has 8 heteroatoms. The van der Waals surface area contributed by atoms with Crippen LogP contribution in [-0.4, -0.2) is 34.5 Å². The van der Waals surface area contributed by atoms with E-state index in [1.54, 1.807) is 24.3 Å². The number of hydrogen-bond acceptors (Lipinski definition) is 3. The van der Waals surface area contributed by atoms with E-state index in [1.807, 2.05) is 31.2 Å². The lowest BCUT2D eigenvalue weighted by Gasteiger charge is -2.11. The topological polar surface area (TPSA) is 82.6 Å². The van der Waals surface area contributed by atoms with E-state index in [1.165, 1.54) is 7.05 Å². The van der Waals surface area contributed by atoms with E-state index in [0.29, 0.717) is 12.5 Å². The molecular weight excluding hydrogens is 384 g/mol. The number of nitrogens with one attached hydrogen (secondary N) is 3. The number of nitrogens with zero attached hydrogens (tertiary/aromatic N) is 1. The summed E-state index contributed by atoms with van der Waals surface area (Å²) >= 11 is 6.00. The third-order valence-electron chi connectivity index (χ3n) is 3.86. The average Bonchev–Trinajstić information content (AvgIpc) is 2.66. The molecule has 3 N–H and O–H groups in total. The van der Waals surface area contributed by atoms with E-state index in [-0.39, 0.29) is 4.90 Å². The first-order valence-corrected chi connectivity index (χ1v) is 10.6. The van der Waals surface area contributed by atoms with Crippen LogP contribution in [-0.2, 0) is 23.0 Å². The number of halogens is 1. The first kappa shape index (κ1) is 21.2. The van der Waals surface area contributed by atoms with Crippen LogP contribution in [0.2, 0.25) is 5.02 Å². The molecule has 0 saturated carbocycles. The molecule has 0 aliphatic heterocycles. The Labute approximate surface area is 166 Å². The van der Waals surface area contributed by atoms with Gasteiger partial charge >= 0.3 is 0 Å². The highest BCUT2D eigenvalue weighted by Gasteiger charge is 2.10. The summed E-state index contributed by atoms with van der Waals surface area (Å²) in [4.78, 5) is 4.79. The average molecular weight is 409 g/mol. The maximum absolute atomic E-state index is 11.8. The highest BCUT2D eigenvalue weighted by Crippen LogP contribution is 2.11. The van der Waals surface area contributed by atoms with Crippen LogP contribution in [0.1, 0.15) is 18.1 Å². The Kier molecular flexibility index (Phi) is 8.09. The molecule has 2 aromatic carbocycles. The Morgan fingerprint density at radius 3 is 2.44 bits per heavy atom. The number of hydrogen-bond donors (Lipinski definition) is 3. The van der Waals surface area contributed by atoms with Crippen molar-refractivity contribution in [1.29, 1.82) is 0 Å². The van der Waals surface area contributed by atoms with Gasteiger partial charge in [0.05, 0.1) is 11.4 Å². The predicted molar refractivity (Wildman–Crippen MR) is 111 cm³/mol. The summed E-state index contributed by atoms with van der Waals surface area (Å²) in [7, 11) is -2.02. The minimum absolute atomic E-state index is 0.240. The summed E-state index contributed by atoms with van der Waals surface area (Å²) in [5.74, 6) is 0.714. The second kappa shape index (κ2) is 10.3. The van der Waals surface area contributed by atoms with Crippen LogP contribution >= 0.6 is 11.6 Å². The lowest BCUT2D eigenvalue weighted by Crippen LogP contribution is -2.38. The van der Waals surface area contributed by atoms with Crippen LogP contribution in [0.3, 0.4) is 0 Å². The fourth-order valence-corrected chi connectivity index (χ4v) is 3.36. The predicted octanol–water partition coefficient (Wildman–Crippen LogP) is 2.55. The minimum Gasteiger partial charge on any atom is -0.357 e. The highest BCUT2D eigenvalue weighted by atomic mass is 35.5. The van der Waals surface area contributed by atoms with Crippen molar-refractivity contribution in [2.75, 3.05) is 20.1 Å². The monoisotopic (exact) mass is 408 g/mol. The highest BCUT2D eigenvalue weighted by molar-refractivity contribution is 7.89. The van der Waals surface area contributed by atoms with Gasteiger partial charge in [-0.05, 0) is 55.8 Å². The zero-order valence-electron chi connectivity index (χ0n) is 15.5. The van der Waals surface area contributed by atoms with Gasteiger partial charge in [-0.25, -0.2) is 18.1 Å². The quantitative estimate of drug-likeness (QED) is 0.463. The number of sulfonamides is 1. The van der Waals surface area contributed by atoms with Crippen molar-refractivity contribution < 1.29 is 8.42 Å². The molecule has 0 saturated heterocycles. The van der Waals surface area contributed by atoms with Gasteiger partial charge in [-0.2, -0.15) is 0 Å². The number of rotatable bonds is 8. The Balaban J connectivity index is 1.94. The number of guanidine groups is 1.